The second kappa shape index (κ2) is 7.17. The zero-order valence-electron chi connectivity index (χ0n) is 13.7. The molecule has 0 aliphatic heterocycles. The Morgan fingerprint density at radius 3 is 2.65 bits per heavy atom. The van der Waals surface area contributed by atoms with Gasteiger partial charge in [-0.15, -0.1) is 11.3 Å². The van der Waals surface area contributed by atoms with Gasteiger partial charge in [0, 0.05) is 7.05 Å². The standard InChI is InChI=1S/C17H20F2N2OS/c1-5-6-15-20-10(2)16(23-15)17(22)21(4)11(3)12-7-8-13(18)14(19)9-12/h7-9,11H,5-6H2,1-4H3. The molecule has 0 aliphatic carbocycles. The molecule has 0 fully saturated rings. The number of aromatic nitrogens is 1. The number of thiazole rings is 1. The number of carbonyl (C=O) groups excluding carboxylic acids is 1. The van der Waals surface area contributed by atoms with Crippen LogP contribution >= 0.6 is 11.3 Å². The molecule has 0 saturated carbocycles. The van der Waals surface area contributed by atoms with Gasteiger partial charge in [0.25, 0.3) is 5.91 Å². The average molecular weight is 338 g/mol. The van der Waals surface area contributed by atoms with Crippen molar-refractivity contribution in [3.8, 4) is 0 Å². The molecule has 1 aromatic carbocycles. The van der Waals surface area contributed by atoms with Crippen LogP contribution in [0.15, 0.2) is 18.2 Å². The van der Waals surface area contributed by atoms with Crippen molar-refractivity contribution in [2.24, 2.45) is 0 Å². The summed E-state index contributed by atoms with van der Waals surface area (Å²) in [6.07, 6.45) is 1.82. The number of carbonyl (C=O) groups is 1. The van der Waals surface area contributed by atoms with E-state index in [0.717, 1.165) is 30.0 Å². The maximum Gasteiger partial charge on any atom is 0.266 e. The predicted molar refractivity (Wildman–Crippen MR) is 87.7 cm³/mol. The van der Waals surface area contributed by atoms with Crippen LogP contribution in [0.2, 0.25) is 0 Å². The van der Waals surface area contributed by atoms with E-state index < -0.39 is 11.6 Å². The minimum absolute atomic E-state index is 0.153. The van der Waals surface area contributed by atoms with Crippen LogP contribution in [-0.4, -0.2) is 22.8 Å². The van der Waals surface area contributed by atoms with E-state index in [2.05, 4.69) is 11.9 Å². The van der Waals surface area contributed by atoms with E-state index in [9.17, 15) is 13.6 Å². The Morgan fingerprint density at radius 2 is 2.04 bits per heavy atom. The van der Waals surface area contributed by atoms with Gasteiger partial charge in [-0.1, -0.05) is 13.0 Å². The lowest BCUT2D eigenvalue weighted by Gasteiger charge is -2.25. The molecule has 1 aromatic heterocycles. The van der Waals surface area contributed by atoms with Crippen molar-refractivity contribution in [3.05, 3.63) is 51.0 Å². The first kappa shape index (κ1) is 17.5. The number of hydrogen-bond donors (Lipinski definition) is 0. The van der Waals surface area contributed by atoms with E-state index >= 15 is 0 Å². The highest BCUT2D eigenvalue weighted by atomic mass is 32.1. The number of amides is 1. The first-order chi connectivity index (χ1) is 10.8. The molecule has 1 atom stereocenters. The van der Waals surface area contributed by atoms with Crippen molar-refractivity contribution in [1.82, 2.24) is 9.88 Å². The Balaban J connectivity index is 2.22. The molecule has 1 heterocycles. The Labute approximate surface area is 139 Å². The van der Waals surface area contributed by atoms with Crippen LogP contribution in [0.5, 0.6) is 0 Å². The summed E-state index contributed by atoms with van der Waals surface area (Å²) in [6.45, 7) is 5.67. The van der Waals surface area contributed by atoms with Crippen LogP contribution < -0.4 is 0 Å². The normalized spacial score (nSPS) is 12.3. The summed E-state index contributed by atoms with van der Waals surface area (Å²) in [6, 6.07) is 3.34. The van der Waals surface area contributed by atoms with Gasteiger partial charge >= 0.3 is 0 Å². The van der Waals surface area contributed by atoms with Crippen LogP contribution in [-0.2, 0) is 6.42 Å². The zero-order valence-corrected chi connectivity index (χ0v) is 14.5. The maximum atomic E-state index is 13.4. The molecule has 6 heteroatoms. The van der Waals surface area contributed by atoms with Crippen molar-refractivity contribution in [1.29, 1.82) is 0 Å². The fraction of sp³-hybridized carbons (Fsp3) is 0.412. The van der Waals surface area contributed by atoms with Crippen LogP contribution in [0, 0.1) is 18.6 Å². The molecule has 124 valence electrons. The largest absolute Gasteiger partial charge is 0.334 e. The van der Waals surface area contributed by atoms with Crippen molar-refractivity contribution in [2.75, 3.05) is 7.05 Å². The molecule has 0 spiro atoms. The van der Waals surface area contributed by atoms with Gasteiger partial charge in [-0.2, -0.15) is 0 Å². The smallest absolute Gasteiger partial charge is 0.266 e. The van der Waals surface area contributed by atoms with E-state index in [1.165, 1.54) is 22.3 Å². The van der Waals surface area contributed by atoms with Gasteiger partial charge in [0.05, 0.1) is 16.7 Å². The second-order valence-electron chi connectivity index (χ2n) is 5.54. The third-order valence-corrected chi connectivity index (χ3v) is 5.03. The molecule has 0 N–H and O–H groups in total. The van der Waals surface area contributed by atoms with Gasteiger partial charge in [0.15, 0.2) is 11.6 Å². The van der Waals surface area contributed by atoms with Crippen LogP contribution in [0.25, 0.3) is 0 Å². The highest BCUT2D eigenvalue weighted by Crippen LogP contribution is 2.26. The zero-order chi connectivity index (χ0) is 17.1. The van der Waals surface area contributed by atoms with Crippen LogP contribution in [0.3, 0.4) is 0 Å². The van der Waals surface area contributed by atoms with Gasteiger partial charge in [-0.3, -0.25) is 4.79 Å². The topological polar surface area (TPSA) is 33.2 Å². The lowest BCUT2D eigenvalue weighted by atomic mass is 10.1. The van der Waals surface area contributed by atoms with E-state index in [0.29, 0.717) is 16.1 Å². The molecule has 0 bridgehead atoms. The number of hydrogen-bond acceptors (Lipinski definition) is 3. The fourth-order valence-electron chi connectivity index (χ4n) is 2.30. The molecule has 2 aromatic rings. The Morgan fingerprint density at radius 1 is 1.35 bits per heavy atom. The molecule has 1 unspecified atom stereocenters. The maximum absolute atomic E-state index is 13.4. The molecule has 2 rings (SSSR count). The summed E-state index contributed by atoms with van der Waals surface area (Å²) < 4.78 is 26.4. The van der Waals surface area contributed by atoms with Crippen molar-refractivity contribution >= 4 is 17.2 Å². The number of nitrogens with zero attached hydrogens (tertiary/aromatic N) is 2. The summed E-state index contributed by atoms with van der Waals surface area (Å²) in [4.78, 5) is 19.2. The molecule has 3 nitrogen and oxygen atoms in total. The second-order valence-corrected chi connectivity index (χ2v) is 6.62. The fourth-order valence-corrected chi connectivity index (χ4v) is 3.45. The highest BCUT2D eigenvalue weighted by Gasteiger charge is 2.23. The lowest BCUT2D eigenvalue weighted by Crippen LogP contribution is -2.29. The minimum atomic E-state index is -0.908. The summed E-state index contributed by atoms with van der Waals surface area (Å²) in [5, 5.41) is 0.947. The van der Waals surface area contributed by atoms with Crippen LogP contribution in [0.4, 0.5) is 8.78 Å². The SMILES string of the molecule is CCCc1nc(C)c(C(=O)N(C)C(C)c2ccc(F)c(F)c2)s1. The molecule has 0 aliphatic rings. The van der Waals surface area contributed by atoms with Gasteiger partial charge < -0.3 is 4.90 Å². The predicted octanol–water partition coefficient (Wildman–Crippen LogP) is 4.52. The number of rotatable bonds is 5. The summed E-state index contributed by atoms with van der Waals surface area (Å²) in [7, 11) is 1.66. The monoisotopic (exact) mass is 338 g/mol. The van der Waals surface area contributed by atoms with Crippen molar-refractivity contribution < 1.29 is 13.6 Å². The van der Waals surface area contributed by atoms with Crippen LogP contribution in [0.1, 0.15) is 52.2 Å². The molecule has 0 saturated heterocycles. The molecule has 1 amide bonds. The van der Waals surface area contributed by atoms with Gasteiger partial charge in [0.1, 0.15) is 4.88 Å². The molecular formula is C17H20F2N2OS. The molecular weight excluding hydrogens is 318 g/mol. The van der Waals surface area contributed by atoms with Gasteiger partial charge in [-0.05, 0) is 44.4 Å². The van der Waals surface area contributed by atoms with Crippen molar-refractivity contribution in [2.45, 2.75) is 39.7 Å². The summed E-state index contributed by atoms with van der Waals surface area (Å²) in [5.74, 6) is -1.95. The quantitative estimate of drug-likeness (QED) is 0.803. The first-order valence-electron chi connectivity index (χ1n) is 7.53. The van der Waals surface area contributed by atoms with Gasteiger partial charge in [-0.25, -0.2) is 13.8 Å². The number of aryl methyl sites for hydroxylation is 2. The molecule has 23 heavy (non-hydrogen) atoms. The van der Waals surface area contributed by atoms with Crippen molar-refractivity contribution in [3.63, 3.8) is 0 Å². The van der Waals surface area contributed by atoms with E-state index in [1.54, 1.807) is 14.0 Å². The highest BCUT2D eigenvalue weighted by molar-refractivity contribution is 7.13. The lowest BCUT2D eigenvalue weighted by molar-refractivity contribution is 0.0746. The van der Waals surface area contributed by atoms with Gasteiger partial charge in [0.2, 0.25) is 0 Å². The summed E-state index contributed by atoms with van der Waals surface area (Å²) >= 11 is 1.40. The average Bonchev–Trinajstić information content (AvgIpc) is 2.88. The molecule has 0 radical (unpaired) electrons. The Hall–Kier alpha value is -1.82. The Kier molecular flexibility index (Phi) is 5.46. The third kappa shape index (κ3) is 3.75. The third-order valence-electron chi connectivity index (χ3n) is 3.83. The minimum Gasteiger partial charge on any atom is -0.334 e. The van der Waals surface area contributed by atoms with E-state index in [1.807, 2.05) is 6.92 Å². The van der Waals surface area contributed by atoms with E-state index in [4.69, 9.17) is 0 Å². The Bertz CT molecular complexity index is 715. The number of benzene rings is 1. The van der Waals surface area contributed by atoms with E-state index in [-0.39, 0.29) is 11.9 Å². The number of halogens is 2. The summed E-state index contributed by atoms with van der Waals surface area (Å²) in [5.41, 5.74) is 1.27. The first-order valence-corrected chi connectivity index (χ1v) is 8.35.